The van der Waals surface area contributed by atoms with Gasteiger partial charge in [-0.25, -0.2) is 9.91 Å². The molecule has 0 bridgehead atoms. The third-order valence-corrected chi connectivity index (χ3v) is 9.31. The lowest BCUT2D eigenvalue weighted by Crippen LogP contribution is -2.45. The molecule has 4 atom stereocenters. The molecule has 4 aliphatic rings. The second-order valence-electron chi connectivity index (χ2n) is 11.8. The molecular formula is C34H31BrN6O3. The van der Waals surface area contributed by atoms with Gasteiger partial charge in [-0.3, -0.25) is 19.4 Å². The number of halogens is 1. The fraction of sp³-hybridized carbons (Fsp3) is 0.294. The minimum atomic E-state index is -0.987. The molecule has 2 fully saturated rings. The molecule has 0 N–H and O–H groups in total. The van der Waals surface area contributed by atoms with Crippen LogP contribution in [-0.4, -0.2) is 52.1 Å². The number of carbonyl (C=O) groups excluding carboxylic acids is 3. The topological polar surface area (TPSA) is 98.0 Å². The smallest absolute Gasteiger partial charge is 0.264 e. The number of nitrogens with zero attached hydrogens (tertiary/aromatic N) is 6. The monoisotopic (exact) mass is 650 g/mol. The van der Waals surface area contributed by atoms with E-state index in [1.807, 2.05) is 13.0 Å². The third-order valence-electron chi connectivity index (χ3n) is 8.82. The normalized spacial score (nSPS) is 25.1. The van der Waals surface area contributed by atoms with Crippen molar-refractivity contribution in [2.24, 2.45) is 21.4 Å². The summed E-state index contributed by atoms with van der Waals surface area (Å²) in [5.74, 6) is -1.15. The predicted octanol–water partition coefficient (Wildman–Crippen LogP) is 6.18. The minimum absolute atomic E-state index is 0.0433. The van der Waals surface area contributed by atoms with E-state index in [1.165, 1.54) is 10.6 Å². The maximum absolute atomic E-state index is 14.1. The summed E-state index contributed by atoms with van der Waals surface area (Å²) in [6.45, 7) is 3.89. The van der Waals surface area contributed by atoms with Crippen LogP contribution in [-0.2, 0) is 14.4 Å². The maximum atomic E-state index is 14.1. The largest absolute Gasteiger partial charge is 0.271 e. The molecule has 1 aliphatic carbocycles. The first-order chi connectivity index (χ1) is 21.3. The molecule has 1 saturated heterocycles. The Kier molecular flexibility index (Phi) is 7.24. The van der Waals surface area contributed by atoms with Crippen molar-refractivity contribution in [2.75, 3.05) is 11.4 Å². The van der Waals surface area contributed by atoms with Crippen LogP contribution < -0.4 is 4.90 Å². The molecule has 0 unspecified atom stereocenters. The van der Waals surface area contributed by atoms with Crippen LogP contribution in [0.3, 0.4) is 0 Å². The average Bonchev–Trinajstić information content (AvgIpc) is 3.68. The predicted molar refractivity (Wildman–Crippen MR) is 170 cm³/mol. The van der Waals surface area contributed by atoms with Gasteiger partial charge in [0.1, 0.15) is 6.54 Å². The third kappa shape index (κ3) is 4.96. The Morgan fingerprint density at radius 2 is 1.68 bits per heavy atom. The van der Waals surface area contributed by atoms with Gasteiger partial charge in [-0.2, -0.15) is 10.2 Å². The number of rotatable bonds is 5. The number of amides is 3. The van der Waals surface area contributed by atoms with E-state index in [9.17, 15) is 14.4 Å². The van der Waals surface area contributed by atoms with Gasteiger partial charge >= 0.3 is 0 Å². The minimum Gasteiger partial charge on any atom is -0.271 e. The van der Waals surface area contributed by atoms with Gasteiger partial charge in [0, 0.05) is 10.4 Å². The number of anilines is 1. The number of allylic oxidation sites excluding steroid dienone is 1. The lowest BCUT2D eigenvalue weighted by molar-refractivity contribution is -0.136. The van der Waals surface area contributed by atoms with Crippen molar-refractivity contribution in [1.29, 1.82) is 0 Å². The van der Waals surface area contributed by atoms with Gasteiger partial charge in [0.15, 0.2) is 12.1 Å². The highest BCUT2D eigenvalue weighted by Crippen LogP contribution is 2.45. The fourth-order valence-electron chi connectivity index (χ4n) is 6.60. The summed E-state index contributed by atoms with van der Waals surface area (Å²) < 4.78 is 0.744. The van der Waals surface area contributed by atoms with Gasteiger partial charge in [-0.05, 0) is 74.1 Å². The number of benzene rings is 3. The number of aryl methyl sites for hydroxylation is 2. The zero-order valence-electron chi connectivity index (χ0n) is 24.4. The molecule has 0 spiro atoms. The van der Waals surface area contributed by atoms with E-state index >= 15 is 0 Å². The summed E-state index contributed by atoms with van der Waals surface area (Å²) >= 11 is 3.40. The number of hydrogen-bond acceptors (Lipinski definition) is 7. The number of hydrazone groups is 1. The van der Waals surface area contributed by atoms with E-state index < -0.39 is 23.9 Å². The Morgan fingerprint density at radius 3 is 2.41 bits per heavy atom. The van der Waals surface area contributed by atoms with Crippen LogP contribution in [0.1, 0.15) is 47.6 Å². The van der Waals surface area contributed by atoms with E-state index in [0.717, 1.165) is 56.6 Å². The Balaban J connectivity index is 1.19. The molecule has 0 aromatic heterocycles. The molecule has 44 heavy (non-hydrogen) atoms. The lowest BCUT2D eigenvalue weighted by atomic mass is 9.77. The first kappa shape index (κ1) is 28.3. The number of hydrogen-bond donors (Lipinski definition) is 0. The molecule has 3 aliphatic heterocycles. The summed E-state index contributed by atoms with van der Waals surface area (Å²) in [7, 11) is 0. The van der Waals surface area contributed by atoms with Crippen LogP contribution in [0.5, 0.6) is 0 Å². The second-order valence-corrected chi connectivity index (χ2v) is 12.8. The standard InChI is InChI=1S/C34H31BrN6O3/c1-20-9-13-22(14-10-20)17-24-5-3-8-27-29(24)37-41(31(27)23-15-11-21(2)12-16-23)28(42)19-39-32-30(36-38-39)33(43)40(34(32)44)26-7-4-6-25(35)18-26/h4,6-7,9-18,27,30-32H,3,5,8,19H2,1-2H3/b24-17-/t27-,30+,31-,32+/m1/s1. The van der Waals surface area contributed by atoms with Gasteiger partial charge in [-0.15, -0.1) is 0 Å². The maximum Gasteiger partial charge on any atom is 0.264 e. The Hall–Kier alpha value is -4.44. The summed E-state index contributed by atoms with van der Waals surface area (Å²) in [6.07, 6.45) is 4.98. The quantitative estimate of drug-likeness (QED) is 0.308. The molecule has 7 rings (SSSR count). The Morgan fingerprint density at radius 1 is 0.955 bits per heavy atom. The van der Waals surface area contributed by atoms with Crippen LogP contribution in [0.4, 0.5) is 5.69 Å². The van der Waals surface area contributed by atoms with Crippen LogP contribution in [0, 0.1) is 19.8 Å². The summed E-state index contributed by atoms with van der Waals surface area (Å²) in [5.41, 5.74) is 6.98. The SMILES string of the molecule is Cc1ccc(/C=C2/CCC[C@@H]3C2=NN(C(=O)CN2N=N[C@@H]4C(=O)N(c5cccc(Br)c5)C(=O)[C@H]42)[C@@H]3c2ccc(C)cc2)cc1. The van der Waals surface area contributed by atoms with Crippen molar-refractivity contribution >= 4 is 51.1 Å². The molecule has 1 saturated carbocycles. The molecule has 3 aromatic rings. The first-order valence-electron chi connectivity index (χ1n) is 14.8. The number of fused-ring (bicyclic) bond motifs is 2. The van der Waals surface area contributed by atoms with Gasteiger partial charge in [0.2, 0.25) is 0 Å². The number of carbonyl (C=O) groups is 3. The highest BCUT2D eigenvalue weighted by molar-refractivity contribution is 9.10. The van der Waals surface area contributed by atoms with Crippen molar-refractivity contribution in [1.82, 2.24) is 10.0 Å². The van der Waals surface area contributed by atoms with E-state index in [4.69, 9.17) is 5.10 Å². The van der Waals surface area contributed by atoms with Crippen LogP contribution in [0.25, 0.3) is 6.08 Å². The molecular weight excluding hydrogens is 620 g/mol. The zero-order valence-corrected chi connectivity index (χ0v) is 26.0. The van der Waals surface area contributed by atoms with Crippen molar-refractivity contribution in [3.63, 3.8) is 0 Å². The van der Waals surface area contributed by atoms with E-state index in [2.05, 4.69) is 87.8 Å². The Labute approximate surface area is 264 Å². The molecule has 10 heteroatoms. The fourth-order valence-corrected chi connectivity index (χ4v) is 6.99. The lowest BCUT2D eigenvalue weighted by Gasteiger charge is -2.30. The van der Waals surface area contributed by atoms with Gasteiger partial charge in [-0.1, -0.05) is 86.9 Å². The first-order valence-corrected chi connectivity index (χ1v) is 15.6. The van der Waals surface area contributed by atoms with Crippen molar-refractivity contribution < 1.29 is 14.4 Å². The van der Waals surface area contributed by atoms with Crippen LogP contribution in [0.15, 0.2) is 98.3 Å². The average molecular weight is 652 g/mol. The molecule has 3 amide bonds. The van der Waals surface area contributed by atoms with Crippen molar-refractivity contribution in [3.8, 4) is 0 Å². The summed E-state index contributed by atoms with van der Waals surface area (Å²) in [5, 5.41) is 16.2. The van der Waals surface area contributed by atoms with Crippen molar-refractivity contribution in [3.05, 3.63) is 105 Å². The summed E-state index contributed by atoms with van der Waals surface area (Å²) in [4.78, 5) is 42.0. The summed E-state index contributed by atoms with van der Waals surface area (Å²) in [6, 6.07) is 21.4. The molecule has 9 nitrogen and oxygen atoms in total. The molecule has 3 heterocycles. The van der Waals surface area contributed by atoms with Gasteiger partial charge in [0.05, 0.1) is 17.4 Å². The van der Waals surface area contributed by atoms with Crippen LogP contribution in [0.2, 0.25) is 0 Å². The van der Waals surface area contributed by atoms with Gasteiger partial charge < -0.3 is 0 Å². The Bertz CT molecular complexity index is 1750. The molecule has 3 aromatic carbocycles. The second kappa shape index (κ2) is 11.2. The van der Waals surface area contributed by atoms with Gasteiger partial charge in [0.25, 0.3) is 17.7 Å². The molecule has 222 valence electrons. The van der Waals surface area contributed by atoms with E-state index in [-0.39, 0.29) is 24.4 Å². The molecule has 0 radical (unpaired) electrons. The highest BCUT2D eigenvalue weighted by atomic mass is 79.9. The zero-order chi connectivity index (χ0) is 30.5. The van der Waals surface area contributed by atoms with Crippen molar-refractivity contribution in [2.45, 2.75) is 51.2 Å². The van der Waals surface area contributed by atoms with E-state index in [0.29, 0.717) is 5.69 Å². The van der Waals surface area contributed by atoms with E-state index in [1.54, 1.807) is 23.2 Å². The highest BCUT2D eigenvalue weighted by Gasteiger charge is 2.55. The van der Waals surface area contributed by atoms with Crippen LogP contribution >= 0.6 is 15.9 Å². The number of imide groups is 1.